The van der Waals surface area contributed by atoms with Gasteiger partial charge in [-0.3, -0.25) is 9.59 Å². The summed E-state index contributed by atoms with van der Waals surface area (Å²) >= 11 is 0. The number of carbonyl (C=O) groups excluding carboxylic acids is 2. The van der Waals surface area contributed by atoms with Gasteiger partial charge in [-0.2, -0.15) is 13.2 Å². The summed E-state index contributed by atoms with van der Waals surface area (Å²) in [6.45, 7) is 3.10. The van der Waals surface area contributed by atoms with E-state index in [2.05, 4.69) is 10.3 Å². The van der Waals surface area contributed by atoms with Crippen molar-refractivity contribution in [2.45, 2.75) is 25.6 Å². The minimum Gasteiger partial charge on any atom is -0.496 e. The lowest BCUT2D eigenvalue weighted by Gasteiger charge is -2.28. The van der Waals surface area contributed by atoms with Gasteiger partial charge in [-0.15, -0.1) is 0 Å². The van der Waals surface area contributed by atoms with E-state index in [0.717, 1.165) is 25.3 Å². The number of halogens is 3. The first-order chi connectivity index (χ1) is 13.5. The molecule has 0 fully saturated rings. The fourth-order valence-corrected chi connectivity index (χ4v) is 2.50. The standard InChI is InChI=1S/C19H20F3N3O4/c1-18(2,24-11-26)17(27)25(3)12-7-8-23-16(9-12)29-13-5-6-14(19(20,21)22)15(10-13)28-4/h5-11H,1-4H3,(H,24,26). The number of hydrogen-bond acceptors (Lipinski definition) is 5. The maximum absolute atomic E-state index is 13.0. The molecule has 0 saturated carbocycles. The fourth-order valence-electron chi connectivity index (χ4n) is 2.50. The van der Waals surface area contributed by atoms with Crippen LogP contribution in [0.25, 0.3) is 0 Å². The first kappa shape index (κ1) is 22.0. The average Bonchev–Trinajstić information content (AvgIpc) is 2.66. The SMILES string of the molecule is COc1cc(Oc2cc(N(C)C(=O)C(C)(C)NC=O)ccn2)ccc1C(F)(F)F. The number of pyridine rings is 1. The van der Waals surface area contributed by atoms with Crippen molar-refractivity contribution in [3.05, 3.63) is 42.1 Å². The molecule has 0 spiro atoms. The van der Waals surface area contributed by atoms with Crippen LogP contribution < -0.4 is 19.7 Å². The molecule has 1 aromatic carbocycles. The zero-order valence-corrected chi connectivity index (χ0v) is 16.2. The molecular formula is C19H20F3N3O4. The minimum atomic E-state index is -4.56. The van der Waals surface area contributed by atoms with Crippen LogP contribution >= 0.6 is 0 Å². The zero-order chi connectivity index (χ0) is 21.8. The number of methoxy groups -OCH3 is 1. The number of aromatic nitrogens is 1. The average molecular weight is 411 g/mol. The molecule has 1 aromatic heterocycles. The van der Waals surface area contributed by atoms with Crippen LogP contribution in [-0.4, -0.2) is 37.0 Å². The van der Waals surface area contributed by atoms with Gasteiger partial charge in [-0.05, 0) is 32.0 Å². The molecule has 156 valence electrons. The summed E-state index contributed by atoms with van der Waals surface area (Å²) in [7, 11) is 2.64. The van der Waals surface area contributed by atoms with Gasteiger partial charge in [0, 0.05) is 25.4 Å². The van der Waals surface area contributed by atoms with Crippen LogP contribution in [0.15, 0.2) is 36.5 Å². The highest BCUT2D eigenvalue weighted by molar-refractivity contribution is 6.00. The van der Waals surface area contributed by atoms with Crippen LogP contribution in [0.2, 0.25) is 0 Å². The molecule has 0 atom stereocenters. The van der Waals surface area contributed by atoms with Gasteiger partial charge in [-0.25, -0.2) is 4.98 Å². The molecule has 1 N–H and O–H groups in total. The number of nitrogens with one attached hydrogen (secondary N) is 1. The smallest absolute Gasteiger partial charge is 0.419 e. The summed E-state index contributed by atoms with van der Waals surface area (Å²) in [5, 5.41) is 2.43. The maximum atomic E-state index is 13.0. The lowest BCUT2D eigenvalue weighted by molar-refractivity contribution is -0.138. The Bertz CT molecular complexity index is 901. The van der Waals surface area contributed by atoms with Crippen LogP contribution in [0.5, 0.6) is 17.4 Å². The highest BCUT2D eigenvalue weighted by atomic mass is 19.4. The number of carbonyl (C=O) groups is 2. The second-order valence-corrected chi connectivity index (χ2v) is 6.57. The quantitative estimate of drug-likeness (QED) is 0.707. The van der Waals surface area contributed by atoms with Crippen LogP contribution in [0.4, 0.5) is 18.9 Å². The number of rotatable bonds is 7. The number of anilines is 1. The molecule has 29 heavy (non-hydrogen) atoms. The molecule has 0 aliphatic carbocycles. The van der Waals surface area contributed by atoms with Gasteiger partial charge < -0.3 is 19.7 Å². The Balaban J connectivity index is 2.26. The Morgan fingerprint density at radius 2 is 1.90 bits per heavy atom. The molecule has 2 amide bonds. The van der Waals surface area contributed by atoms with Crippen molar-refractivity contribution in [1.82, 2.24) is 10.3 Å². The first-order valence-electron chi connectivity index (χ1n) is 8.38. The van der Waals surface area contributed by atoms with E-state index >= 15 is 0 Å². The first-order valence-corrected chi connectivity index (χ1v) is 8.38. The number of likely N-dealkylation sites (N-methyl/N-ethyl adjacent to an activating group) is 1. The van der Waals surface area contributed by atoms with E-state index in [4.69, 9.17) is 9.47 Å². The third-order valence-electron chi connectivity index (χ3n) is 4.07. The summed E-state index contributed by atoms with van der Waals surface area (Å²) in [6, 6.07) is 6.09. The molecule has 0 saturated heterocycles. The lowest BCUT2D eigenvalue weighted by Crippen LogP contribution is -2.52. The zero-order valence-electron chi connectivity index (χ0n) is 16.2. The molecular weight excluding hydrogens is 391 g/mol. The highest BCUT2D eigenvalue weighted by Gasteiger charge is 2.34. The molecule has 2 aromatic rings. The summed E-state index contributed by atoms with van der Waals surface area (Å²) in [4.78, 5) is 28.6. The van der Waals surface area contributed by atoms with E-state index in [-0.39, 0.29) is 17.4 Å². The van der Waals surface area contributed by atoms with Crippen LogP contribution in [0, 0.1) is 0 Å². The molecule has 0 unspecified atom stereocenters. The number of amides is 2. The number of alkyl halides is 3. The number of nitrogens with zero attached hydrogens (tertiary/aromatic N) is 2. The van der Waals surface area contributed by atoms with E-state index in [0.29, 0.717) is 12.1 Å². The molecule has 2 rings (SSSR count). The topological polar surface area (TPSA) is 80.8 Å². The predicted molar refractivity (Wildman–Crippen MR) is 99.0 cm³/mol. The highest BCUT2D eigenvalue weighted by Crippen LogP contribution is 2.38. The van der Waals surface area contributed by atoms with Crippen LogP contribution in [0.3, 0.4) is 0 Å². The van der Waals surface area contributed by atoms with Crippen molar-refractivity contribution in [1.29, 1.82) is 0 Å². The van der Waals surface area contributed by atoms with Crippen molar-refractivity contribution in [2.75, 3.05) is 19.1 Å². The van der Waals surface area contributed by atoms with Crippen molar-refractivity contribution in [2.24, 2.45) is 0 Å². The van der Waals surface area contributed by atoms with E-state index in [1.54, 1.807) is 19.9 Å². The van der Waals surface area contributed by atoms with Crippen molar-refractivity contribution in [3.8, 4) is 17.4 Å². The molecule has 0 aliphatic rings. The Morgan fingerprint density at radius 1 is 1.21 bits per heavy atom. The van der Waals surface area contributed by atoms with Gasteiger partial charge in [-0.1, -0.05) is 0 Å². The van der Waals surface area contributed by atoms with E-state index in [1.165, 1.54) is 24.2 Å². The molecule has 0 radical (unpaired) electrons. The number of ether oxygens (including phenoxy) is 2. The van der Waals surface area contributed by atoms with Crippen LogP contribution in [-0.2, 0) is 15.8 Å². The molecule has 10 heteroatoms. The summed E-state index contributed by atoms with van der Waals surface area (Å²) in [6.07, 6.45) is -2.74. The van der Waals surface area contributed by atoms with Gasteiger partial charge >= 0.3 is 6.18 Å². The van der Waals surface area contributed by atoms with E-state index in [9.17, 15) is 22.8 Å². The monoisotopic (exact) mass is 411 g/mol. The van der Waals surface area contributed by atoms with Crippen molar-refractivity contribution < 1.29 is 32.2 Å². The lowest BCUT2D eigenvalue weighted by atomic mass is 10.0. The molecule has 0 bridgehead atoms. The summed E-state index contributed by atoms with van der Waals surface area (Å²) < 4.78 is 49.2. The third-order valence-corrected chi connectivity index (χ3v) is 4.07. The fraction of sp³-hybridized carbons (Fsp3) is 0.316. The second-order valence-electron chi connectivity index (χ2n) is 6.57. The maximum Gasteiger partial charge on any atom is 0.419 e. The molecule has 0 aliphatic heterocycles. The third kappa shape index (κ3) is 5.15. The molecule has 7 nitrogen and oxygen atoms in total. The summed E-state index contributed by atoms with van der Waals surface area (Å²) in [5.74, 6) is -0.639. The van der Waals surface area contributed by atoms with Gasteiger partial charge in [0.1, 0.15) is 17.0 Å². The largest absolute Gasteiger partial charge is 0.496 e. The normalized spacial score (nSPS) is 11.6. The van der Waals surface area contributed by atoms with Gasteiger partial charge in [0.25, 0.3) is 5.91 Å². The number of hydrogen-bond donors (Lipinski definition) is 1. The van der Waals surface area contributed by atoms with Gasteiger partial charge in [0.15, 0.2) is 0 Å². The van der Waals surface area contributed by atoms with Crippen LogP contribution in [0.1, 0.15) is 19.4 Å². The van der Waals surface area contributed by atoms with Crippen molar-refractivity contribution in [3.63, 3.8) is 0 Å². The Kier molecular flexibility index (Phi) is 6.35. The van der Waals surface area contributed by atoms with E-state index < -0.39 is 23.2 Å². The number of benzene rings is 1. The Hall–Kier alpha value is -3.30. The van der Waals surface area contributed by atoms with Gasteiger partial charge in [0.05, 0.1) is 18.4 Å². The Labute approximate surface area is 165 Å². The van der Waals surface area contributed by atoms with Gasteiger partial charge in [0.2, 0.25) is 12.3 Å². The minimum absolute atomic E-state index is 0.0603. The predicted octanol–water partition coefficient (Wildman–Crippen LogP) is 3.39. The Morgan fingerprint density at radius 3 is 2.48 bits per heavy atom. The molecule has 1 heterocycles. The van der Waals surface area contributed by atoms with E-state index in [1.807, 2.05) is 0 Å². The van der Waals surface area contributed by atoms with Crippen molar-refractivity contribution >= 4 is 18.0 Å². The second kappa shape index (κ2) is 8.38. The summed E-state index contributed by atoms with van der Waals surface area (Å²) in [5.41, 5.74) is -1.65.